The highest BCUT2D eigenvalue weighted by Gasteiger charge is 2.36. The van der Waals surface area contributed by atoms with Gasteiger partial charge in [-0.05, 0) is 67.6 Å². The Bertz CT molecular complexity index is 1600. The van der Waals surface area contributed by atoms with Crippen LogP contribution in [0.15, 0.2) is 65.6 Å². The molecule has 2 heterocycles. The summed E-state index contributed by atoms with van der Waals surface area (Å²) in [6, 6.07) is 16.1. The molecule has 0 N–H and O–H groups in total. The molecule has 1 aliphatic heterocycles. The van der Waals surface area contributed by atoms with Gasteiger partial charge in [0.2, 0.25) is 15.9 Å². The molecular formula is C28H27F2N3O3S2. The molecule has 4 aromatic rings. The molecule has 1 aliphatic rings. The topological polar surface area (TPSA) is 70.6 Å². The Labute approximate surface area is 224 Å². The minimum Gasteiger partial charge on any atom is -0.283 e. The molecule has 0 unspecified atom stereocenters. The van der Waals surface area contributed by atoms with Gasteiger partial charge in [0.25, 0.3) is 0 Å². The summed E-state index contributed by atoms with van der Waals surface area (Å²) in [6.45, 7) is 4.44. The first-order valence-corrected chi connectivity index (χ1v) is 14.6. The van der Waals surface area contributed by atoms with Crippen LogP contribution in [0.25, 0.3) is 10.2 Å². The maximum Gasteiger partial charge on any atom is 0.246 e. The number of carbonyl (C=O) groups excluding carboxylic acids is 1. The first kappa shape index (κ1) is 26.4. The fourth-order valence-electron chi connectivity index (χ4n) is 4.86. The standard InChI is InChI=1S/C28H27F2N3O3S2/c1-18-14-19(2)26-24(15-18)31-28(37-26)33(17-20-6-4-3-5-7-20)27(34)21-10-12-32(13-11-21)38(35,36)25-16-22(29)8-9-23(25)30/h3-9,14-16,21H,10-13,17H2,1-2H3. The zero-order valence-electron chi connectivity index (χ0n) is 21.0. The third-order valence-electron chi connectivity index (χ3n) is 6.80. The molecule has 0 atom stereocenters. The molecule has 1 fully saturated rings. The van der Waals surface area contributed by atoms with E-state index in [-0.39, 0.29) is 31.8 Å². The summed E-state index contributed by atoms with van der Waals surface area (Å²) in [5.74, 6) is -2.39. The van der Waals surface area contributed by atoms with E-state index in [2.05, 4.69) is 6.07 Å². The van der Waals surface area contributed by atoms with E-state index in [1.807, 2.05) is 50.2 Å². The molecule has 1 amide bonds. The fraction of sp³-hybridized carbons (Fsp3) is 0.286. The van der Waals surface area contributed by atoms with Crippen LogP contribution in [0.3, 0.4) is 0 Å². The number of hydrogen-bond acceptors (Lipinski definition) is 5. The summed E-state index contributed by atoms with van der Waals surface area (Å²) >= 11 is 1.47. The highest BCUT2D eigenvalue weighted by molar-refractivity contribution is 7.89. The Kier molecular flexibility index (Phi) is 7.30. The maximum atomic E-state index is 14.2. The number of nitrogens with zero attached hydrogens (tertiary/aromatic N) is 3. The second-order valence-electron chi connectivity index (χ2n) is 9.59. The number of aryl methyl sites for hydroxylation is 2. The van der Waals surface area contributed by atoms with Gasteiger partial charge in [0.15, 0.2) is 5.13 Å². The van der Waals surface area contributed by atoms with E-state index < -0.39 is 32.5 Å². The third kappa shape index (κ3) is 5.21. The number of thiazole rings is 1. The Morgan fingerprint density at radius 2 is 1.76 bits per heavy atom. The number of benzene rings is 3. The summed E-state index contributed by atoms with van der Waals surface area (Å²) in [7, 11) is -4.23. The Hall–Kier alpha value is -3.21. The molecule has 0 saturated carbocycles. The number of fused-ring (bicyclic) bond motifs is 1. The molecule has 3 aromatic carbocycles. The molecule has 1 aromatic heterocycles. The second kappa shape index (κ2) is 10.5. The van der Waals surface area contributed by atoms with Crippen molar-refractivity contribution in [1.82, 2.24) is 9.29 Å². The fourth-order valence-corrected chi connectivity index (χ4v) is 7.43. The first-order valence-electron chi connectivity index (χ1n) is 12.3. The van der Waals surface area contributed by atoms with E-state index in [0.29, 0.717) is 17.7 Å². The second-order valence-corrected chi connectivity index (χ2v) is 12.5. The van der Waals surface area contributed by atoms with Gasteiger partial charge in [0.1, 0.15) is 16.5 Å². The Balaban J connectivity index is 1.40. The predicted octanol–water partition coefficient (Wildman–Crippen LogP) is 5.83. The van der Waals surface area contributed by atoms with Gasteiger partial charge in [-0.3, -0.25) is 9.69 Å². The zero-order chi connectivity index (χ0) is 27.0. The normalized spacial score (nSPS) is 15.2. The molecule has 198 valence electrons. The smallest absolute Gasteiger partial charge is 0.246 e. The zero-order valence-corrected chi connectivity index (χ0v) is 22.7. The van der Waals surface area contributed by atoms with Crippen LogP contribution in [0.4, 0.5) is 13.9 Å². The summed E-state index contributed by atoms with van der Waals surface area (Å²) < 4.78 is 56.1. The largest absolute Gasteiger partial charge is 0.283 e. The van der Waals surface area contributed by atoms with Crippen molar-refractivity contribution in [2.45, 2.75) is 38.1 Å². The first-order chi connectivity index (χ1) is 18.1. The van der Waals surface area contributed by atoms with Crippen LogP contribution in [-0.2, 0) is 21.4 Å². The number of halogens is 2. The van der Waals surface area contributed by atoms with E-state index in [0.717, 1.165) is 43.3 Å². The number of sulfonamides is 1. The summed E-state index contributed by atoms with van der Waals surface area (Å²) in [4.78, 5) is 19.7. The predicted molar refractivity (Wildman–Crippen MR) is 145 cm³/mol. The van der Waals surface area contributed by atoms with Gasteiger partial charge in [-0.25, -0.2) is 22.2 Å². The van der Waals surface area contributed by atoms with Crippen molar-refractivity contribution < 1.29 is 22.0 Å². The van der Waals surface area contributed by atoms with Crippen molar-refractivity contribution in [3.05, 3.63) is 89.0 Å². The van der Waals surface area contributed by atoms with Crippen LogP contribution in [0, 0.1) is 31.4 Å². The number of hydrogen-bond donors (Lipinski definition) is 0. The molecule has 5 rings (SSSR count). The van der Waals surface area contributed by atoms with Crippen LogP contribution in [0.2, 0.25) is 0 Å². The Morgan fingerprint density at radius 1 is 1.05 bits per heavy atom. The van der Waals surface area contributed by atoms with Gasteiger partial charge < -0.3 is 0 Å². The highest BCUT2D eigenvalue weighted by Crippen LogP contribution is 2.35. The lowest BCUT2D eigenvalue weighted by atomic mass is 9.96. The van der Waals surface area contributed by atoms with Crippen molar-refractivity contribution in [3.63, 3.8) is 0 Å². The summed E-state index contributed by atoms with van der Waals surface area (Å²) in [5.41, 5.74) is 3.98. The summed E-state index contributed by atoms with van der Waals surface area (Å²) in [5, 5.41) is 0.597. The molecular weight excluding hydrogens is 528 g/mol. The van der Waals surface area contributed by atoms with Gasteiger partial charge in [0.05, 0.1) is 16.8 Å². The molecule has 38 heavy (non-hydrogen) atoms. The van der Waals surface area contributed by atoms with Crippen LogP contribution in [0.5, 0.6) is 0 Å². The van der Waals surface area contributed by atoms with E-state index in [4.69, 9.17) is 4.98 Å². The Morgan fingerprint density at radius 3 is 2.47 bits per heavy atom. The van der Waals surface area contributed by atoms with Crippen LogP contribution < -0.4 is 4.90 Å². The van der Waals surface area contributed by atoms with Crippen LogP contribution >= 0.6 is 11.3 Å². The van der Waals surface area contributed by atoms with Gasteiger partial charge in [-0.1, -0.05) is 47.7 Å². The number of rotatable bonds is 6. The molecule has 1 saturated heterocycles. The lowest BCUT2D eigenvalue weighted by Gasteiger charge is -2.33. The average molecular weight is 556 g/mol. The van der Waals surface area contributed by atoms with Crippen molar-refractivity contribution in [2.24, 2.45) is 5.92 Å². The molecule has 10 heteroatoms. The van der Waals surface area contributed by atoms with Gasteiger partial charge in [0, 0.05) is 19.0 Å². The lowest BCUT2D eigenvalue weighted by molar-refractivity contribution is -0.123. The molecule has 0 spiro atoms. The van der Waals surface area contributed by atoms with E-state index >= 15 is 0 Å². The van der Waals surface area contributed by atoms with Gasteiger partial charge in [-0.2, -0.15) is 4.31 Å². The minimum atomic E-state index is -4.23. The van der Waals surface area contributed by atoms with Crippen molar-refractivity contribution in [1.29, 1.82) is 0 Å². The maximum absolute atomic E-state index is 14.2. The van der Waals surface area contributed by atoms with Gasteiger partial charge in [-0.15, -0.1) is 0 Å². The van der Waals surface area contributed by atoms with E-state index in [1.54, 1.807) is 4.90 Å². The van der Waals surface area contributed by atoms with Crippen molar-refractivity contribution >= 4 is 42.6 Å². The number of anilines is 1. The number of amides is 1. The number of aromatic nitrogens is 1. The number of piperidine rings is 1. The van der Waals surface area contributed by atoms with Crippen LogP contribution in [-0.4, -0.2) is 36.7 Å². The van der Waals surface area contributed by atoms with Crippen LogP contribution in [0.1, 0.15) is 29.5 Å². The average Bonchev–Trinajstić information content (AvgIpc) is 3.33. The minimum absolute atomic E-state index is 0.0337. The van der Waals surface area contributed by atoms with E-state index in [1.165, 1.54) is 11.3 Å². The van der Waals surface area contributed by atoms with Crippen molar-refractivity contribution in [2.75, 3.05) is 18.0 Å². The lowest BCUT2D eigenvalue weighted by Crippen LogP contribution is -2.44. The monoisotopic (exact) mass is 555 g/mol. The summed E-state index contributed by atoms with van der Waals surface area (Å²) in [6.07, 6.45) is 0.534. The molecule has 0 aliphatic carbocycles. The molecule has 6 nitrogen and oxygen atoms in total. The number of carbonyl (C=O) groups is 1. The van der Waals surface area contributed by atoms with E-state index in [9.17, 15) is 22.0 Å². The van der Waals surface area contributed by atoms with Gasteiger partial charge >= 0.3 is 0 Å². The highest BCUT2D eigenvalue weighted by atomic mass is 32.2. The third-order valence-corrected chi connectivity index (χ3v) is 9.95. The molecule has 0 bridgehead atoms. The van der Waals surface area contributed by atoms with Crippen molar-refractivity contribution in [3.8, 4) is 0 Å². The quantitative estimate of drug-likeness (QED) is 0.300. The molecule has 0 radical (unpaired) electrons. The SMILES string of the molecule is Cc1cc(C)c2sc(N(Cc3ccccc3)C(=O)C3CCN(S(=O)(=O)c4cc(F)ccc4F)CC3)nc2c1.